The van der Waals surface area contributed by atoms with Crippen LogP contribution in [0.5, 0.6) is 0 Å². The van der Waals surface area contributed by atoms with Gasteiger partial charge in [0.1, 0.15) is 5.82 Å². The fraction of sp³-hybridized carbons (Fsp3) is 0.538. The van der Waals surface area contributed by atoms with Crippen molar-refractivity contribution in [3.8, 4) is 0 Å². The summed E-state index contributed by atoms with van der Waals surface area (Å²) in [6.07, 6.45) is 2.76. The molecule has 0 aromatic carbocycles. The fourth-order valence-corrected chi connectivity index (χ4v) is 2.45. The Morgan fingerprint density at radius 2 is 2.29 bits per heavy atom. The largest absolute Gasteiger partial charge is 0.373 e. The van der Waals surface area contributed by atoms with Crippen molar-refractivity contribution in [3.05, 3.63) is 23.9 Å². The third-order valence-corrected chi connectivity index (χ3v) is 3.31. The van der Waals surface area contributed by atoms with Gasteiger partial charge in [0.2, 0.25) is 0 Å². The van der Waals surface area contributed by atoms with Gasteiger partial charge in [-0.05, 0) is 31.4 Å². The third-order valence-electron chi connectivity index (χ3n) is 3.31. The van der Waals surface area contributed by atoms with E-state index < -0.39 is 0 Å². The average molecular weight is 233 g/mol. The van der Waals surface area contributed by atoms with Gasteiger partial charge in [-0.25, -0.2) is 4.98 Å². The number of likely N-dealkylation sites (tertiary alicyclic amines) is 1. The molecule has 2 unspecified atom stereocenters. The maximum absolute atomic E-state index is 12.3. The normalized spacial score (nSPS) is 23.8. The van der Waals surface area contributed by atoms with Crippen molar-refractivity contribution in [1.29, 1.82) is 0 Å². The number of nitrogens with one attached hydrogen (secondary N) is 1. The molecular formula is C13H19N3O. The highest BCUT2D eigenvalue weighted by Crippen LogP contribution is 2.24. The predicted molar refractivity (Wildman–Crippen MR) is 68.1 cm³/mol. The second-order valence-corrected chi connectivity index (χ2v) is 4.83. The van der Waals surface area contributed by atoms with Crippen molar-refractivity contribution in [2.45, 2.75) is 26.3 Å². The monoisotopic (exact) mass is 233 g/mol. The van der Waals surface area contributed by atoms with Gasteiger partial charge < -0.3 is 10.2 Å². The van der Waals surface area contributed by atoms with E-state index in [4.69, 9.17) is 0 Å². The number of anilines is 1. The zero-order chi connectivity index (χ0) is 12.4. The summed E-state index contributed by atoms with van der Waals surface area (Å²) < 4.78 is 0. The van der Waals surface area contributed by atoms with Crippen LogP contribution in [0.25, 0.3) is 0 Å². The van der Waals surface area contributed by atoms with Crippen molar-refractivity contribution in [2.75, 3.05) is 18.9 Å². The van der Waals surface area contributed by atoms with E-state index in [0.717, 1.165) is 18.8 Å². The molecule has 1 N–H and O–H groups in total. The maximum atomic E-state index is 12.3. The number of carbonyl (C=O) groups is 1. The molecule has 1 aliphatic rings. The van der Waals surface area contributed by atoms with Crippen LogP contribution < -0.4 is 5.32 Å². The van der Waals surface area contributed by atoms with E-state index in [1.165, 1.54) is 0 Å². The second-order valence-electron chi connectivity index (χ2n) is 4.83. The van der Waals surface area contributed by atoms with Gasteiger partial charge >= 0.3 is 0 Å². The summed E-state index contributed by atoms with van der Waals surface area (Å²) in [5, 5.41) is 2.95. The molecule has 1 fully saturated rings. The molecule has 1 aromatic rings. The molecule has 92 valence electrons. The van der Waals surface area contributed by atoms with Crippen molar-refractivity contribution < 1.29 is 4.79 Å². The summed E-state index contributed by atoms with van der Waals surface area (Å²) in [4.78, 5) is 18.4. The molecule has 1 saturated heterocycles. The number of pyridine rings is 1. The molecule has 0 radical (unpaired) electrons. The lowest BCUT2D eigenvalue weighted by Gasteiger charge is -2.21. The topological polar surface area (TPSA) is 45.2 Å². The Hall–Kier alpha value is -1.58. The number of rotatable bonds is 2. The van der Waals surface area contributed by atoms with Crippen LogP contribution in [0.4, 0.5) is 5.82 Å². The van der Waals surface area contributed by atoms with Crippen LogP contribution in [0.2, 0.25) is 0 Å². The molecule has 0 spiro atoms. The highest BCUT2D eigenvalue weighted by molar-refractivity contribution is 5.95. The Kier molecular flexibility index (Phi) is 3.31. The first-order valence-electron chi connectivity index (χ1n) is 6.06. The summed E-state index contributed by atoms with van der Waals surface area (Å²) in [5.41, 5.74) is 0.713. The van der Waals surface area contributed by atoms with Gasteiger partial charge in [0, 0.05) is 31.4 Å². The van der Waals surface area contributed by atoms with Gasteiger partial charge in [0.25, 0.3) is 5.91 Å². The number of aromatic nitrogens is 1. The van der Waals surface area contributed by atoms with Crippen molar-refractivity contribution in [2.24, 2.45) is 5.92 Å². The molecule has 1 aliphatic heterocycles. The van der Waals surface area contributed by atoms with Gasteiger partial charge in [0.05, 0.1) is 0 Å². The minimum absolute atomic E-state index is 0.112. The average Bonchev–Trinajstić information content (AvgIpc) is 2.67. The van der Waals surface area contributed by atoms with E-state index in [2.05, 4.69) is 24.1 Å². The summed E-state index contributed by atoms with van der Waals surface area (Å²) >= 11 is 0. The van der Waals surface area contributed by atoms with Gasteiger partial charge in [-0.1, -0.05) is 6.92 Å². The van der Waals surface area contributed by atoms with Crippen molar-refractivity contribution >= 4 is 11.7 Å². The number of carbonyl (C=O) groups excluding carboxylic acids is 1. The third kappa shape index (κ3) is 2.40. The lowest BCUT2D eigenvalue weighted by Crippen LogP contribution is -2.34. The van der Waals surface area contributed by atoms with E-state index >= 15 is 0 Å². The molecule has 0 aliphatic carbocycles. The number of hydrogen-bond acceptors (Lipinski definition) is 3. The first kappa shape index (κ1) is 11.9. The van der Waals surface area contributed by atoms with Crippen LogP contribution in [-0.4, -0.2) is 35.4 Å². The SMILES string of the molecule is CNc1cc(C(=O)N2CC(C)CC2C)ccn1. The molecular weight excluding hydrogens is 214 g/mol. The quantitative estimate of drug-likeness (QED) is 0.849. The smallest absolute Gasteiger partial charge is 0.254 e. The zero-order valence-corrected chi connectivity index (χ0v) is 10.6. The molecule has 4 heteroatoms. The summed E-state index contributed by atoms with van der Waals surface area (Å²) in [6, 6.07) is 3.92. The Bertz CT molecular complexity index is 419. The maximum Gasteiger partial charge on any atom is 0.254 e. The number of hydrogen-bond donors (Lipinski definition) is 1. The second kappa shape index (κ2) is 4.73. The lowest BCUT2D eigenvalue weighted by atomic mass is 10.1. The molecule has 0 bridgehead atoms. The molecule has 2 atom stereocenters. The molecule has 4 nitrogen and oxygen atoms in total. The van der Waals surface area contributed by atoms with Crippen LogP contribution in [0.15, 0.2) is 18.3 Å². The Morgan fingerprint density at radius 1 is 1.53 bits per heavy atom. The van der Waals surface area contributed by atoms with Crippen molar-refractivity contribution in [1.82, 2.24) is 9.88 Å². The summed E-state index contributed by atoms with van der Waals surface area (Å²) in [6.45, 7) is 5.16. The zero-order valence-electron chi connectivity index (χ0n) is 10.6. The van der Waals surface area contributed by atoms with E-state index in [1.54, 1.807) is 25.4 Å². The van der Waals surface area contributed by atoms with E-state index in [-0.39, 0.29) is 5.91 Å². The minimum atomic E-state index is 0.112. The van der Waals surface area contributed by atoms with Crippen LogP contribution in [0, 0.1) is 5.92 Å². The Morgan fingerprint density at radius 3 is 2.88 bits per heavy atom. The van der Waals surface area contributed by atoms with E-state index in [1.807, 2.05) is 4.90 Å². The van der Waals surface area contributed by atoms with Gasteiger partial charge in [-0.3, -0.25) is 4.79 Å². The molecule has 2 heterocycles. The van der Waals surface area contributed by atoms with E-state index in [0.29, 0.717) is 17.5 Å². The highest BCUT2D eigenvalue weighted by atomic mass is 16.2. The number of amides is 1. The molecule has 0 saturated carbocycles. The van der Waals surface area contributed by atoms with Crippen LogP contribution in [0.1, 0.15) is 30.6 Å². The fourth-order valence-electron chi connectivity index (χ4n) is 2.45. The van der Waals surface area contributed by atoms with Crippen LogP contribution in [-0.2, 0) is 0 Å². The standard InChI is InChI=1S/C13H19N3O/c1-9-6-10(2)16(8-9)13(17)11-4-5-15-12(7-11)14-3/h4-5,7,9-10H,6,8H2,1-3H3,(H,14,15). The molecule has 2 rings (SSSR count). The van der Waals surface area contributed by atoms with Crippen LogP contribution in [0.3, 0.4) is 0 Å². The van der Waals surface area contributed by atoms with E-state index in [9.17, 15) is 4.79 Å². The molecule has 17 heavy (non-hydrogen) atoms. The summed E-state index contributed by atoms with van der Waals surface area (Å²) in [5.74, 6) is 1.44. The predicted octanol–water partition coefficient (Wildman–Crippen LogP) is 1.99. The highest BCUT2D eigenvalue weighted by Gasteiger charge is 2.30. The number of nitrogens with zero attached hydrogens (tertiary/aromatic N) is 2. The first-order chi connectivity index (χ1) is 8.11. The lowest BCUT2D eigenvalue weighted by molar-refractivity contribution is 0.0743. The van der Waals surface area contributed by atoms with Gasteiger partial charge in [-0.2, -0.15) is 0 Å². The first-order valence-corrected chi connectivity index (χ1v) is 6.06. The Labute approximate surface area is 102 Å². The summed E-state index contributed by atoms with van der Waals surface area (Å²) in [7, 11) is 1.80. The van der Waals surface area contributed by atoms with Crippen molar-refractivity contribution in [3.63, 3.8) is 0 Å². The minimum Gasteiger partial charge on any atom is -0.373 e. The van der Waals surface area contributed by atoms with Crippen LogP contribution >= 0.6 is 0 Å². The molecule has 1 aromatic heterocycles. The van der Waals surface area contributed by atoms with Gasteiger partial charge in [0.15, 0.2) is 0 Å². The van der Waals surface area contributed by atoms with Gasteiger partial charge in [-0.15, -0.1) is 0 Å². The molecule has 1 amide bonds. The Balaban J connectivity index is 2.19.